The molecule has 2 aromatic carbocycles. The topological polar surface area (TPSA) is 67.9 Å². The highest BCUT2D eigenvalue weighted by molar-refractivity contribution is 5.87. The zero-order valence-electron chi connectivity index (χ0n) is 16.9. The highest BCUT2D eigenvalue weighted by Crippen LogP contribution is 2.18. The summed E-state index contributed by atoms with van der Waals surface area (Å²) >= 11 is 0. The Morgan fingerprint density at radius 1 is 1.07 bits per heavy atom. The summed E-state index contributed by atoms with van der Waals surface area (Å²) < 4.78 is 10.7. The number of carbonyl (C=O) groups excluding carboxylic acids is 2. The Hall–Kier alpha value is -3.02. The molecule has 2 aromatic rings. The third kappa shape index (κ3) is 5.74. The summed E-state index contributed by atoms with van der Waals surface area (Å²) in [5.74, 6) is 0.840. The third-order valence-corrected chi connectivity index (χ3v) is 4.54. The van der Waals surface area contributed by atoms with Gasteiger partial charge in [-0.15, -0.1) is 0 Å². The fourth-order valence-corrected chi connectivity index (χ4v) is 2.78. The van der Waals surface area contributed by atoms with Crippen LogP contribution in [-0.4, -0.2) is 43.0 Å². The van der Waals surface area contributed by atoms with Crippen LogP contribution in [0, 0.1) is 6.92 Å². The summed E-state index contributed by atoms with van der Waals surface area (Å²) in [6, 6.07) is 14.2. The minimum Gasteiger partial charge on any atom is -0.497 e. The lowest BCUT2D eigenvalue weighted by atomic mass is 10.1. The Balaban J connectivity index is 2.12. The Bertz CT molecular complexity index is 789. The number of nitrogens with one attached hydrogen (secondary N) is 1. The van der Waals surface area contributed by atoms with Gasteiger partial charge in [-0.25, -0.2) is 0 Å². The molecule has 0 radical (unpaired) electrons. The van der Waals surface area contributed by atoms with Crippen molar-refractivity contribution in [3.05, 3.63) is 59.7 Å². The lowest BCUT2D eigenvalue weighted by molar-refractivity contribution is -0.142. The standard InChI is InChI=1S/C22H28N2O4/c1-5-23-22(26)17(3)24(14-18-9-7-6-8-16(18)2)21(25)15-28-20-12-10-19(27-4)11-13-20/h6-13,17H,5,14-15H2,1-4H3,(H,23,26)/t17-/m0/s1. The normalized spacial score (nSPS) is 11.4. The molecule has 0 spiro atoms. The lowest BCUT2D eigenvalue weighted by Crippen LogP contribution is -2.49. The highest BCUT2D eigenvalue weighted by Gasteiger charge is 2.26. The molecule has 6 heteroatoms. The Morgan fingerprint density at radius 2 is 1.71 bits per heavy atom. The van der Waals surface area contributed by atoms with E-state index in [2.05, 4.69) is 5.32 Å². The molecule has 0 fully saturated rings. The quantitative estimate of drug-likeness (QED) is 0.722. The first-order valence-corrected chi connectivity index (χ1v) is 9.34. The summed E-state index contributed by atoms with van der Waals surface area (Å²) in [6.07, 6.45) is 0. The molecular weight excluding hydrogens is 356 g/mol. The van der Waals surface area contributed by atoms with E-state index in [1.165, 1.54) is 0 Å². The molecule has 28 heavy (non-hydrogen) atoms. The molecule has 0 aliphatic carbocycles. The molecule has 1 N–H and O–H groups in total. The van der Waals surface area contributed by atoms with E-state index in [-0.39, 0.29) is 18.4 Å². The number of amides is 2. The molecule has 0 aromatic heterocycles. The Labute approximate surface area is 166 Å². The van der Waals surface area contributed by atoms with Gasteiger partial charge in [0.25, 0.3) is 5.91 Å². The number of nitrogens with zero attached hydrogens (tertiary/aromatic N) is 1. The number of likely N-dealkylation sites (N-methyl/N-ethyl adjacent to an activating group) is 1. The first-order chi connectivity index (χ1) is 13.5. The van der Waals surface area contributed by atoms with Gasteiger partial charge >= 0.3 is 0 Å². The van der Waals surface area contributed by atoms with Crippen molar-refractivity contribution in [1.82, 2.24) is 10.2 Å². The minimum atomic E-state index is -0.605. The number of carbonyl (C=O) groups is 2. The zero-order chi connectivity index (χ0) is 20.5. The maximum atomic E-state index is 12.9. The van der Waals surface area contributed by atoms with E-state index in [1.807, 2.05) is 38.1 Å². The van der Waals surface area contributed by atoms with E-state index >= 15 is 0 Å². The van der Waals surface area contributed by atoms with Crippen molar-refractivity contribution in [2.75, 3.05) is 20.3 Å². The van der Waals surface area contributed by atoms with Crippen LogP contribution < -0.4 is 14.8 Å². The van der Waals surface area contributed by atoms with Gasteiger partial charge in [-0.2, -0.15) is 0 Å². The van der Waals surface area contributed by atoms with E-state index in [0.29, 0.717) is 24.6 Å². The smallest absolute Gasteiger partial charge is 0.261 e. The van der Waals surface area contributed by atoms with E-state index < -0.39 is 6.04 Å². The number of rotatable bonds is 9. The van der Waals surface area contributed by atoms with Gasteiger partial charge < -0.3 is 19.7 Å². The van der Waals surface area contributed by atoms with Crippen molar-refractivity contribution in [1.29, 1.82) is 0 Å². The van der Waals surface area contributed by atoms with Crippen LogP contribution in [-0.2, 0) is 16.1 Å². The number of hydrogen-bond donors (Lipinski definition) is 1. The van der Waals surface area contributed by atoms with Crippen LogP contribution in [0.1, 0.15) is 25.0 Å². The van der Waals surface area contributed by atoms with Gasteiger partial charge in [0.05, 0.1) is 7.11 Å². The number of benzene rings is 2. The molecule has 6 nitrogen and oxygen atoms in total. The van der Waals surface area contributed by atoms with E-state index in [0.717, 1.165) is 11.1 Å². The van der Waals surface area contributed by atoms with E-state index in [4.69, 9.17) is 9.47 Å². The van der Waals surface area contributed by atoms with Crippen molar-refractivity contribution >= 4 is 11.8 Å². The van der Waals surface area contributed by atoms with Crippen molar-refractivity contribution in [3.63, 3.8) is 0 Å². The van der Waals surface area contributed by atoms with Crippen molar-refractivity contribution in [2.24, 2.45) is 0 Å². The summed E-state index contributed by atoms with van der Waals surface area (Å²) in [5.41, 5.74) is 2.07. The van der Waals surface area contributed by atoms with Gasteiger partial charge in [0.1, 0.15) is 17.5 Å². The molecule has 0 unspecified atom stereocenters. The van der Waals surface area contributed by atoms with Crippen LogP contribution in [0.25, 0.3) is 0 Å². The predicted octanol–water partition coefficient (Wildman–Crippen LogP) is 2.94. The van der Waals surface area contributed by atoms with Gasteiger partial charge in [0.2, 0.25) is 5.91 Å². The summed E-state index contributed by atoms with van der Waals surface area (Å²) in [5, 5.41) is 2.78. The molecule has 2 amide bonds. The lowest BCUT2D eigenvalue weighted by Gasteiger charge is -2.29. The van der Waals surface area contributed by atoms with Crippen LogP contribution in [0.2, 0.25) is 0 Å². The minimum absolute atomic E-state index is 0.151. The molecule has 150 valence electrons. The number of ether oxygens (including phenoxy) is 2. The van der Waals surface area contributed by atoms with Gasteiger partial charge in [0.15, 0.2) is 6.61 Å². The number of aryl methyl sites for hydroxylation is 1. The number of hydrogen-bond acceptors (Lipinski definition) is 4. The summed E-state index contributed by atoms with van der Waals surface area (Å²) in [7, 11) is 1.59. The van der Waals surface area contributed by atoms with Crippen LogP contribution in [0.3, 0.4) is 0 Å². The summed E-state index contributed by atoms with van der Waals surface area (Å²) in [4.78, 5) is 26.8. The molecule has 0 aliphatic rings. The SMILES string of the molecule is CCNC(=O)[C@H](C)N(Cc1ccccc1C)C(=O)COc1ccc(OC)cc1. The van der Waals surface area contributed by atoms with Gasteiger partial charge in [0, 0.05) is 13.1 Å². The second-order valence-corrected chi connectivity index (χ2v) is 6.48. The van der Waals surface area contributed by atoms with Gasteiger partial charge in [-0.3, -0.25) is 9.59 Å². The molecule has 0 saturated heterocycles. The monoisotopic (exact) mass is 384 g/mol. The molecule has 0 bridgehead atoms. The van der Waals surface area contributed by atoms with Gasteiger partial charge in [-0.1, -0.05) is 24.3 Å². The molecule has 2 rings (SSSR count). The van der Waals surface area contributed by atoms with Crippen molar-refractivity contribution < 1.29 is 19.1 Å². The van der Waals surface area contributed by atoms with Crippen LogP contribution in [0.5, 0.6) is 11.5 Å². The molecular formula is C22H28N2O4. The molecule has 0 heterocycles. The van der Waals surface area contributed by atoms with Gasteiger partial charge in [-0.05, 0) is 56.2 Å². The van der Waals surface area contributed by atoms with E-state index in [1.54, 1.807) is 43.2 Å². The van der Waals surface area contributed by atoms with Crippen LogP contribution in [0.15, 0.2) is 48.5 Å². The fraction of sp³-hybridized carbons (Fsp3) is 0.364. The molecule has 0 saturated carbocycles. The predicted molar refractivity (Wildman–Crippen MR) is 108 cm³/mol. The number of methoxy groups -OCH3 is 1. The summed E-state index contributed by atoms with van der Waals surface area (Å²) in [6.45, 7) is 6.28. The maximum absolute atomic E-state index is 12.9. The third-order valence-electron chi connectivity index (χ3n) is 4.54. The van der Waals surface area contributed by atoms with Crippen molar-refractivity contribution in [3.8, 4) is 11.5 Å². The second kappa shape index (κ2) is 10.3. The Morgan fingerprint density at radius 3 is 2.32 bits per heavy atom. The van der Waals surface area contributed by atoms with Crippen LogP contribution >= 0.6 is 0 Å². The molecule has 1 atom stereocenters. The second-order valence-electron chi connectivity index (χ2n) is 6.48. The average molecular weight is 384 g/mol. The first kappa shape index (κ1) is 21.3. The highest BCUT2D eigenvalue weighted by atomic mass is 16.5. The Kier molecular flexibility index (Phi) is 7.87. The van der Waals surface area contributed by atoms with Crippen LogP contribution in [0.4, 0.5) is 0 Å². The fourth-order valence-electron chi connectivity index (χ4n) is 2.78. The largest absolute Gasteiger partial charge is 0.497 e. The first-order valence-electron chi connectivity index (χ1n) is 9.34. The maximum Gasteiger partial charge on any atom is 0.261 e. The van der Waals surface area contributed by atoms with E-state index in [9.17, 15) is 9.59 Å². The van der Waals surface area contributed by atoms with Crippen molar-refractivity contribution in [2.45, 2.75) is 33.4 Å². The molecule has 0 aliphatic heterocycles. The zero-order valence-corrected chi connectivity index (χ0v) is 16.9. The average Bonchev–Trinajstić information content (AvgIpc) is 2.71.